The minimum absolute atomic E-state index is 0.235. The zero-order chi connectivity index (χ0) is 21.6. The summed E-state index contributed by atoms with van der Waals surface area (Å²) in [6.07, 6.45) is 3.78. The van der Waals surface area contributed by atoms with Gasteiger partial charge in [-0.05, 0) is 54.4 Å². The maximum Gasteiger partial charge on any atom is 0.323 e. The second kappa shape index (κ2) is 9.08. The second-order valence-corrected chi connectivity index (χ2v) is 6.89. The van der Waals surface area contributed by atoms with Gasteiger partial charge in [0.2, 0.25) is 0 Å². The van der Waals surface area contributed by atoms with E-state index >= 15 is 0 Å². The van der Waals surface area contributed by atoms with Gasteiger partial charge >= 0.3 is 6.03 Å². The summed E-state index contributed by atoms with van der Waals surface area (Å²) in [4.78, 5) is 31.5. The smallest absolute Gasteiger partial charge is 0.323 e. The zero-order valence-electron chi connectivity index (χ0n) is 16.5. The van der Waals surface area contributed by atoms with E-state index in [1.165, 1.54) is 24.4 Å². The van der Waals surface area contributed by atoms with Gasteiger partial charge in [-0.2, -0.15) is 0 Å². The number of fused-ring (bicyclic) bond motifs is 1. The van der Waals surface area contributed by atoms with Gasteiger partial charge in [0.1, 0.15) is 11.5 Å². The number of halogens is 1. The molecule has 2 heterocycles. The van der Waals surface area contributed by atoms with Gasteiger partial charge in [0.15, 0.2) is 0 Å². The molecule has 8 heteroatoms. The molecule has 4 rings (SSSR count). The van der Waals surface area contributed by atoms with Crippen molar-refractivity contribution in [1.82, 2.24) is 15.3 Å². The lowest BCUT2D eigenvalue weighted by Crippen LogP contribution is -2.26. The van der Waals surface area contributed by atoms with Crippen LogP contribution in [0.15, 0.2) is 73.1 Å². The minimum Gasteiger partial charge on any atom is -0.361 e. The van der Waals surface area contributed by atoms with E-state index in [4.69, 9.17) is 0 Å². The average molecular weight is 417 g/mol. The van der Waals surface area contributed by atoms with Crippen LogP contribution >= 0.6 is 0 Å². The van der Waals surface area contributed by atoms with E-state index in [9.17, 15) is 14.0 Å². The first-order valence-electron chi connectivity index (χ1n) is 9.71. The van der Waals surface area contributed by atoms with Crippen LogP contribution in [0.1, 0.15) is 16.1 Å². The summed E-state index contributed by atoms with van der Waals surface area (Å²) in [5.74, 6) is -0.626. The molecule has 2 aromatic carbocycles. The van der Waals surface area contributed by atoms with Gasteiger partial charge in [-0.15, -0.1) is 0 Å². The number of para-hydroxylation sites is 1. The Kier molecular flexibility index (Phi) is 5.89. The van der Waals surface area contributed by atoms with Crippen molar-refractivity contribution in [3.8, 4) is 0 Å². The highest BCUT2D eigenvalue weighted by atomic mass is 19.1. The summed E-state index contributed by atoms with van der Waals surface area (Å²) in [5, 5.41) is 8.97. The van der Waals surface area contributed by atoms with Crippen molar-refractivity contribution in [1.29, 1.82) is 0 Å². The van der Waals surface area contributed by atoms with Crippen LogP contribution in [0, 0.1) is 5.82 Å². The Bertz CT molecular complexity index is 1210. The van der Waals surface area contributed by atoms with Gasteiger partial charge in [-0.1, -0.05) is 18.2 Å². The van der Waals surface area contributed by atoms with Gasteiger partial charge in [0, 0.05) is 29.3 Å². The Morgan fingerprint density at radius 1 is 0.968 bits per heavy atom. The Morgan fingerprint density at radius 3 is 2.55 bits per heavy atom. The molecule has 0 aliphatic heterocycles. The van der Waals surface area contributed by atoms with E-state index in [1.54, 1.807) is 24.3 Å². The number of nitrogens with one attached hydrogen (secondary N) is 4. The normalized spacial score (nSPS) is 10.6. The molecule has 0 unspecified atom stereocenters. The number of rotatable bonds is 6. The number of nitrogens with zero attached hydrogens (tertiary/aromatic N) is 1. The lowest BCUT2D eigenvalue weighted by Gasteiger charge is -2.08. The van der Waals surface area contributed by atoms with Crippen LogP contribution in [0.25, 0.3) is 10.9 Å². The summed E-state index contributed by atoms with van der Waals surface area (Å²) in [7, 11) is 0. The highest BCUT2D eigenvalue weighted by molar-refractivity contribution is 6.00. The third kappa shape index (κ3) is 5.05. The molecule has 0 atom stereocenters. The lowest BCUT2D eigenvalue weighted by molar-refractivity contribution is 0.0949. The van der Waals surface area contributed by atoms with E-state index < -0.39 is 6.03 Å². The van der Waals surface area contributed by atoms with E-state index in [-0.39, 0.29) is 17.4 Å². The van der Waals surface area contributed by atoms with Crippen molar-refractivity contribution < 1.29 is 14.0 Å². The molecule has 7 nitrogen and oxygen atoms in total. The summed E-state index contributed by atoms with van der Waals surface area (Å²) < 4.78 is 13.5. The average Bonchev–Trinajstić information content (AvgIpc) is 3.17. The predicted molar refractivity (Wildman–Crippen MR) is 118 cm³/mol. The molecule has 156 valence electrons. The van der Waals surface area contributed by atoms with Gasteiger partial charge in [-0.3, -0.25) is 4.79 Å². The molecule has 2 aromatic heterocycles. The number of hydrogen-bond donors (Lipinski definition) is 4. The van der Waals surface area contributed by atoms with Crippen LogP contribution in [0.2, 0.25) is 0 Å². The van der Waals surface area contributed by atoms with E-state index in [1.807, 2.05) is 24.4 Å². The molecule has 0 aliphatic rings. The minimum atomic E-state index is -0.402. The fourth-order valence-corrected chi connectivity index (χ4v) is 3.18. The molecule has 31 heavy (non-hydrogen) atoms. The van der Waals surface area contributed by atoms with Gasteiger partial charge in [-0.25, -0.2) is 14.2 Å². The third-order valence-electron chi connectivity index (χ3n) is 4.70. The van der Waals surface area contributed by atoms with Crippen molar-refractivity contribution in [2.45, 2.75) is 6.42 Å². The summed E-state index contributed by atoms with van der Waals surface area (Å²) in [6.45, 7) is 0.378. The van der Waals surface area contributed by atoms with Crippen LogP contribution in [0.5, 0.6) is 0 Å². The number of aromatic amines is 1. The van der Waals surface area contributed by atoms with Gasteiger partial charge in [0.25, 0.3) is 5.91 Å². The van der Waals surface area contributed by atoms with E-state index in [0.29, 0.717) is 24.3 Å². The van der Waals surface area contributed by atoms with Crippen LogP contribution < -0.4 is 16.0 Å². The molecule has 3 amide bonds. The number of urea groups is 1. The molecule has 0 saturated carbocycles. The number of hydrogen-bond acceptors (Lipinski definition) is 3. The predicted octanol–water partition coefficient (Wildman–Crippen LogP) is 4.32. The maximum atomic E-state index is 13.5. The zero-order valence-corrected chi connectivity index (χ0v) is 16.5. The first kappa shape index (κ1) is 20.1. The number of pyridine rings is 1. The van der Waals surface area contributed by atoms with Crippen molar-refractivity contribution in [3.05, 3.63) is 90.1 Å². The molecular formula is C23H20FN5O2. The maximum absolute atomic E-state index is 13.5. The first-order chi connectivity index (χ1) is 15.1. The van der Waals surface area contributed by atoms with Crippen LogP contribution in [0.4, 0.5) is 20.6 Å². The standard InChI is InChI=1S/C23H20FN5O2/c24-16-6-8-20-19(12-16)15(13-26-20)10-11-25-22(30)21-9-7-18(14-27-21)29-23(31)28-17-4-2-1-3-5-17/h1-9,12-14,26H,10-11H2,(H,25,30)(H2,28,29,31). The molecule has 0 bridgehead atoms. The Balaban J connectivity index is 1.29. The number of anilines is 2. The van der Waals surface area contributed by atoms with Crippen molar-refractivity contribution in [3.63, 3.8) is 0 Å². The largest absolute Gasteiger partial charge is 0.361 e. The van der Waals surface area contributed by atoms with Crippen molar-refractivity contribution in [2.75, 3.05) is 17.2 Å². The van der Waals surface area contributed by atoms with E-state index in [0.717, 1.165) is 16.5 Å². The number of amides is 3. The lowest BCUT2D eigenvalue weighted by atomic mass is 10.1. The third-order valence-corrected chi connectivity index (χ3v) is 4.70. The molecule has 4 N–H and O–H groups in total. The Hall–Kier alpha value is -4.20. The summed E-state index contributed by atoms with van der Waals surface area (Å²) >= 11 is 0. The fraction of sp³-hybridized carbons (Fsp3) is 0.0870. The van der Waals surface area contributed by atoms with E-state index in [2.05, 4.69) is 25.9 Å². The number of aromatic nitrogens is 2. The van der Waals surface area contributed by atoms with Gasteiger partial charge in [0.05, 0.1) is 11.9 Å². The number of carbonyl (C=O) groups excluding carboxylic acids is 2. The SMILES string of the molecule is O=C(Nc1ccccc1)Nc1ccc(C(=O)NCCc2c[nH]c3ccc(F)cc23)nc1. The molecule has 0 aliphatic carbocycles. The molecule has 0 saturated heterocycles. The number of benzene rings is 2. The highest BCUT2D eigenvalue weighted by Gasteiger charge is 2.10. The quantitative estimate of drug-likeness (QED) is 0.376. The topological polar surface area (TPSA) is 98.9 Å². The molecular weight excluding hydrogens is 397 g/mol. The van der Waals surface area contributed by atoms with Gasteiger partial charge < -0.3 is 20.9 Å². The molecule has 0 fully saturated rings. The van der Waals surface area contributed by atoms with Crippen molar-refractivity contribution >= 4 is 34.2 Å². The molecule has 0 spiro atoms. The summed E-state index contributed by atoms with van der Waals surface area (Å²) in [5.41, 5.74) is 3.14. The van der Waals surface area contributed by atoms with Crippen LogP contribution in [-0.2, 0) is 6.42 Å². The number of carbonyl (C=O) groups is 2. The Morgan fingerprint density at radius 2 is 1.77 bits per heavy atom. The van der Waals surface area contributed by atoms with Crippen LogP contribution in [-0.4, -0.2) is 28.5 Å². The number of H-pyrrole nitrogens is 1. The summed E-state index contributed by atoms with van der Waals surface area (Å²) in [6, 6.07) is 16.4. The fourth-order valence-electron chi connectivity index (χ4n) is 3.18. The van der Waals surface area contributed by atoms with Crippen LogP contribution in [0.3, 0.4) is 0 Å². The molecule has 4 aromatic rings. The highest BCUT2D eigenvalue weighted by Crippen LogP contribution is 2.19. The monoisotopic (exact) mass is 417 g/mol. The first-order valence-corrected chi connectivity index (χ1v) is 9.71. The second-order valence-electron chi connectivity index (χ2n) is 6.89. The molecule has 0 radical (unpaired) electrons. The van der Waals surface area contributed by atoms with Crippen molar-refractivity contribution in [2.24, 2.45) is 0 Å². The Labute approximate surface area is 177 Å².